The van der Waals surface area contributed by atoms with Gasteiger partial charge in [-0.1, -0.05) is 12.1 Å². The molecule has 5 nitrogen and oxygen atoms in total. The summed E-state index contributed by atoms with van der Waals surface area (Å²) in [5, 5.41) is 4.51. The van der Waals surface area contributed by atoms with Crippen LogP contribution in [0.15, 0.2) is 30.6 Å². The summed E-state index contributed by atoms with van der Waals surface area (Å²) in [5.74, 6) is 0.900. The van der Waals surface area contributed by atoms with Gasteiger partial charge in [0.2, 0.25) is 0 Å². The van der Waals surface area contributed by atoms with Crippen LogP contribution in [0.5, 0.6) is 5.75 Å². The Balaban J connectivity index is 1.48. The first-order valence-corrected chi connectivity index (χ1v) is 8.66. The standard InChI is InChI=1S/C17H22N4OS/c1-22-16-8-2-13(3-9-16)10-19(14-4-5-14)12-21-17(23)20(11-18-21)15-6-7-15/h2-3,8-9,11,14-15H,4-7,10,12H2,1H3. The molecule has 122 valence electrons. The van der Waals surface area contributed by atoms with Crippen LogP contribution < -0.4 is 4.74 Å². The van der Waals surface area contributed by atoms with Crippen molar-refractivity contribution in [2.45, 2.75) is 51.0 Å². The Hall–Kier alpha value is -1.66. The van der Waals surface area contributed by atoms with E-state index in [0.29, 0.717) is 12.1 Å². The van der Waals surface area contributed by atoms with Gasteiger partial charge in [0.05, 0.1) is 13.8 Å². The molecule has 1 aromatic heterocycles. The summed E-state index contributed by atoms with van der Waals surface area (Å²) in [6.45, 7) is 1.70. The first-order chi connectivity index (χ1) is 11.2. The lowest BCUT2D eigenvalue weighted by molar-refractivity contribution is 0.186. The predicted molar refractivity (Wildman–Crippen MR) is 90.9 cm³/mol. The monoisotopic (exact) mass is 330 g/mol. The minimum absolute atomic E-state index is 0.590. The Morgan fingerprint density at radius 3 is 2.57 bits per heavy atom. The van der Waals surface area contributed by atoms with E-state index in [4.69, 9.17) is 17.0 Å². The van der Waals surface area contributed by atoms with Gasteiger partial charge >= 0.3 is 0 Å². The number of methoxy groups -OCH3 is 1. The smallest absolute Gasteiger partial charge is 0.199 e. The van der Waals surface area contributed by atoms with E-state index in [2.05, 4.69) is 26.7 Å². The zero-order valence-electron chi connectivity index (χ0n) is 13.4. The summed E-state index contributed by atoms with van der Waals surface area (Å²) >= 11 is 5.58. The molecule has 0 spiro atoms. The molecule has 0 N–H and O–H groups in total. The molecule has 1 heterocycles. The van der Waals surface area contributed by atoms with Gasteiger partial charge in [-0.3, -0.25) is 4.90 Å². The molecular weight excluding hydrogens is 308 g/mol. The summed E-state index contributed by atoms with van der Waals surface area (Å²) in [6, 6.07) is 9.56. The number of benzene rings is 1. The van der Waals surface area contributed by atoms with E-state index in [1.54, 1.807) is 7.11 Å². The van der Waals surface area contributed by atoms with Crippen molar-refractivity contribution < 1.29 is 4.74 Å². The van der Waals surface area contributed by atoms with Gasteiger partial charge < -0.3 is 9.30 Å². The zero-order valence-corrected chi connectivity index (χ0v) is 14.2. The summed E-state index contributed by atoms with van der Waals surface area (Å²) < 4.78 is 10.2. The molecule has 0 bridgehead atoms. The Kier molecular flexibility index (Phi) is 3.95. The molecule has 0 amide bonds. The average molecular weight is 330 g/mol. The van der Waals surface area contributed by atoms with Crippen molar-refractivity contribution in [3.8, 4) is 5.75 Å². The number of ether oxygens (including phenoxy) is 1. The number of aromatic nitrogens is 3. The van der Waals surface area contributed by atoms with Crippen molar-refractivity contribution >= 4 is 12.2 Å². The number of rotatable bonds is 7. The van der Waals surface area contributed by atoms with Crippen LogP contribution in [0.25, 0.3) is 0 Å². The first kappa shape index (κ1) is 14.9. The van der Waals surface area contributed by atoms with Gasteiger partial charge in [0.25, 0.3) is 0 Å². The molecule has 2 aliphatic rings. The third kappa shape index (κ3) is 3.33. The summed E-state index contributed by atoms with van der Waals surface area (Å²) in [4.78, 5) is 2.47. The van der Waals surface area contributed by atoms with Gasteiger partial charge in [0.15, 0.2) is 4.77 Å². The van der Waals surface area contributed by atoms with Gasteiger partial charge in [0.1, 0.15) is 12.1 Å². The fraction of sp³-hybridized carbons (Fsp3) is 0.529. The Bertz CT molecular complexity index is 728. The van der Waals surface area contributed by atoms with Gasteiger partial charge in [-0.15, -0.1) is 0 Å². The van der Waals surface area contributed by atoms with Crippen LogP contribution in [0, 0.1) is 4.77 Å². The van der Waals surface area contributed by atoms with Crippen molar-refractivity contribution in [3.63, 3.8) is 0 Å². The molecular formula is C17H22N4OS. The normalized spacial score (nSPS) is 17.7. The molecule has 23 heavy (non-hydrogen) atoms. The van der Waals surface area contributed by atoms with Crippen LogP contribution in [0.1, 0.15) is 37.3 Å². The minimum Gasteiger partial charge on any atom is -0.497 e. The second-order valence-electron chi connectivity index (χ2n) is 6.52. The molecule has 6 heteroatoms. The first-order valence-electron chi connectivity index (χ1n) is 8.25. The highest BCUT2D eigenvalue weighted by atomic mass is 32.1. The molecule has 0 saturated heterocycles. The van der Waals surface area contributed by atoms with Crippen LogP contribution in [-0.4, -0.2) is 32.4 Å². The topological polar surface area (TPSA) is 35.2 Å². The maximum absolute atomic E-state index is 5.58. The third-order valence-corrected chi connectivity index (χ3v) is 5.04. The summed E-state index contributed by atoms with van der Waals surface area (Å²) in [6.07, 6.45) is 6.91. The minimum atomic E-state index is 0.590. The van der Waals surface area contributed by atoms with Crippen molar-refractivity contribution in [3.05, 3.63) is 40.9 Å². The predicted octanol–water partition coefficient (Wildman–Crippen LogP) is 3.38. The maximum atomic E-state index is 5.58. The van der Waals surface area contributed by atoms with E-state index in [-0.39, 0.29) is 0 Å². The van der Waals surface area contributed by atoms with Crippen molar-refractivity contribution in [1.82, 2.24) is 19.2 Å². The molecule has 0 atom stereocenters. The Morgan fingerprint density at radius 1 is 1.22 bits per heavy atom. The fourth-order valence-corrected chi connectivity index (χ4v) is 3.22. The van der Waals surface area contributed by atoms with Gasteiger partial charge in [-0.05, 0) is 55.6 Å². The highest BCUT2D eigenvalue weighted by Crippen LogP contribution is 2.35. The lowest BCUT2D eigenvalue weighted by atomic mass is 10.2. The average Bonchev–Trinajstić information content (AvgIpc) is 3.47. The van der Waals surface area contributed by atoms with E-state index < -0.39 is 0 Å². The van der Waals surface area contributed by atoms with Gasteiger partial charge in [-0.25, -0.2) is 4.68 Å². The number of hydrogen-bond donors (Lipinski definition) is 0. The Labute approximate surface area is 141 Å². The molecule has 1 aromatic carbocycles. The van der Waals surface area contributed by atoms with Crippen LogP contribution >= 0.6 is 12.2 Å². The molecule has 0 unspecified atom stereocenters. The second-order valence-corrected chi connectivity index (χ2v) is 6.88. The van der Waals surface area contributed by atoms with E-state index in [1.807, 2.05) is 23.1 Å². The van der Waals surface area contributed by atoms with E-state index in [9.17, 15) is 0 Å². The second kappa shape index (κ2) is 6.09. The number of hydrogen-bond acceptors (Lipinski definition) is 4. The zero-order chi connectivity index (χ0) is 15.8. The summed E-state index contributed by atoms with van der Waals surface area (Å²) in [5.41, 5.74) is 1.30. The van der Waals surface area contributed by atoms with E-state index in [0.717, 1.165) is 23.7 Å². The van der Waals surface area contributed by atoms with Crippen LogP contribution in [0.2, 0.25) is 0 Å². The van der Waals surface area contributed by atoms with Gasteiger partial charge in [-0.2, -0.15) is 5.10 Å². The molecule has 4 rings (SSSR count). The van der Waals surface area contributed by atoms with Crippen LogP contribution in [-0.2, 0) is 13.2 Å². The van der Waals surface area contributed by atoms with E-state index in [1.165, 1.54) is 31.2 Å². The van der Waals surface area contributed by atoms with Crippen molar-refractivity contribution in [2.75, 3.05) is 7.11 Å². The molecule has 2 saturated carbocycles. The number of nitrogens with zero attached hydrogens (tertiary/aromatic N) is 4. The highest BCUT2D eigenvalue weighted by molar-refractivity contribution is 7.71. The largest absolute Gasteiger partial charge is 0.497 e. The Morgan fingerprint density at radius 2 is 1.96 bits per heavy atom. The van der Waals surface area contributed by atoms with Crippen molar-refractivity contribution in [1.29, 1.82) is 0 Å². The van der Waals surface area contributed by atoms with E-state index >= 15 is 0 Å². The molecule has 2 aromatic rings. The molecule has 2 aliphatic carbocycles. The lowest BCUT2D eigenvalue weighted by Crippen LogP contribution is -2.29. The maximum Gasteiger partial charge on any atom is 0.199 e. The molecule has 0 aliphatic heterocycles. The van der Waals surface area contributed by atoms with Crippen LogP contribution in [0.3, 0.4) is 0 Å². The third-order valence-electron chi connectivity index (χ3n) is 4.62. The van der Waals surface area contributed by atoms with Crippen LogP contribution in [0.4, 0.5) is 0 Å². The molecule has 0 radical (unpaired) electrons. The highest BCUT2D eigenvalue weighted by Gasteiger charge is 2.30. The fourth-order valence-electron chi connectivity index (χ4n) is 2.92. The summed E-state index contributed by atoms with van der Waals surface area (Å²) in [7, 11) is 1.70. The lowest BCUT2D eigenvalue weighted by Gasteiger charge is -2.22. The van der Waals surface area contributed by atoms with Gasteiger partial charge in [0, 0.05) is 18.6 Å². The van der Waals surface area contributed by atoms with Crippen molar-refractivity contribution in [2.24, 2.45) is 0 Å². The molecule has 2 fully saturated rings. The SMILES string of the molecule is COc1ccc(CN(Cn2ncn(C3CC3)c2=S)C2CC2)cc1. The quantitative estimate of drug-likeness (QED) is 0.729.